The predicted octanol–water partition coefficient (Wildman–Crippen LogP) is 0.832. The molecule has 0 aliphatic heterocycles. The molecule has 62 valence electrons. The van der Waals surface area contributed by atoms with E-state index in [0.717, 1.165) is 0 Å². The Kier molecular flexibility index (Phi) is 2.24. The second kappa shape index (κ2) is 3.17. The predicted molar refractivity (Wildman–Crippen MR) is 47.1 cm³/mol. The second-order valence-corrected chi connectivity index (χ2v) is 2.47. The standard InChI is InChI=1S/C9H9NO2/c1-6(11)7-4-2-3-5-8(10)9(7)12/h2-5H,1H3,(H2,10,12). The number of anilines is 1. The number of carbonyl (C=O) groups excluding carboxylic acids is 1. The van der Waals surface area contributed by atoms with Gasteiger partial charge in [-0.1, -0.05) is 12.1 Å². The molecule has 0 atom stereocenters. The van der Waals surface area contributed by atoms with Gasteiger partial charge in [-0.05, 0) is 19.1 Å². The molecule has 1 rings (SSSR count). The summed E-state index contributed by atoms with van der Waals surface area (Å²) in [5.41, 5.74) is 5.22. The smallest absolute Gasteiger partial charge is 0.212 e. The van der Waals surface area contributed by atoms with Crippen molar-refractivity contribution in [2.45, 2.75) is 6.92 Å². The minimum Gasteiger partial charge on any atom is -0.396 e. The number of carbonyl (C=O) groups is 1. The van der Waals surface area contributed by atoms with Crippen LogP contribution in [0, 0.1) is 0 Å². The summed E-state index contributed by atoms with van der Waals surface area (Å²) < 4.78 is 0. The van der Waals surface area contributed by atoms with Crippen molar-refractivity contribution in [1.82, 2.24) is 0 Å². The molecule has 0 radical (unpaired) electrons. The van der Waals surface area contributed by atoms with Crippen molar-refractivity contribution in [2.75, 3.05) is 5.73 Å². The largest absolute Gasteiger partial charge is 0.396 e. The van der Waals surface area contributed by atoms with E-state index in [1.54, 1.807) is 12.1 Å². The second-order valence-electron chi connectivity index (χ2n) is 2.47. The van der Waals surface area contributed by atoms with Crippen LogP contribution in [-0.4, -0.2) is 5.78 Å². The van der Waals surface area contributed by atoms with Gasteiger partial charge in [0, 0.05) is 0 Å². The number of nitrogens with two attached hydrogens (primary N) is 1. The minimum absolute atomic E-state index is 0.102. The van der Waals surface area contributed by atoms with E-state index in [1.807, 2.05) is 0 Å². The fourth-order valence-corrected chi connectivity index (χ4v) is 0.895. The Hall–Kier alpha value is -1.64. The van der Waals surface area contributed by atoms with Gasteiger partial charge in [0.1, 0.15) is 0 Å². The summed E-state index contributed by atoms with van der Waals surface area (Å²) in [7, 11) is 0. The van der Waals surface area contributed by atoms with Crippen LogP contribution in [0.5, 0.6) is 0 Å². The minimum atomic E-state index is -0.396. The zero-order chi connectivity index (χ0) is 9.14. The van der Waals surface area contributed by atoms with Crippen LogP contribution in [0.4, 0.5) is 5.69 Å². The monoisotopic (exact) mass is 163 g/mol. The van der Waals surface area contributed by atoms with Gasteiger partial charge in [-0.15, -0.1) is 0 Å². The molecular weight excluding hydrogens is 154 g/mol. The molecule has 12 heavy (non-hydrogen) atoms. The van der Waals surface area contributed by atoms with Gasteiger partial charge in [0.2, 0.25) is 5.43 Å². The van der Waals surface area contributed by atoms with Crippen LogP contribution >= 0.6 is 0 Å². The van der Waals surface area contributed by atoms with E-state index in [-0.39, 0.29) is 17.0 Å². The van der Waals surface area contributed by atoms with Crippen molar-refractivity contribution >= 4 is 11.5 Å². The first kappa shape index (κ1) is 8.46. The molecule has 0 aliphatic rings. The molecule has 0 saturated heterocycles. The van der Waals surface area contributed by atoms with Crippen molar-refractivity contribution in [3.8, 4) is 0 Å². The van der Waals surface area contributed by atoms with Gasteiger partial charge in [-0.25, -0.2) is 0 Å². The Bertz CT molecular complexity index is 371. The summed E-state index contributed by atoms with van der Waals surface area (Å²) in [6.07, 6.45) is 0. The van der Waals surface area contributed by atoms with Crippen LogP contribution in [0.15, 0.2) is 29.1 Å². The molecule has 0 unspecified atom stereocenters. The molecule has 0 amide bonds. The van der Waals surface area contributed by atoms with Crippen LogP contribution in [0.2, 0.25) is 0 Å². The summed E-state index contributed by atoms with van der Waals surface area (Å²) in [6.45, 7) is 1.34. The summed E-state index contributed by atoms with van der Waals surface area (Å²) in [5.74, 6) is -0.261. The maximum atomic E-state index is 11.3. The summed E-state index contributed by atoms with van der Waals surface area (Å²) >= 11 is 0. The van der Waals surface area contributed by atoms with Gasteiger partial charge in [0.25, 0.3) is 0 Å². The lowest BCUT2D eigenvalue weighted by atomic mass is 10.2. The molecule has 0 heterocycles. The van der Waals surface area contributed by atoms with Crippen molar-refractivity contribution < 1.29 is 4.79 Å². The first-order valence-electron chi connectivity index (χ1n) is 3.52. The molecule has 0 fully saturated rings. The van der Waals surface area contributed by atoms with E-state index in [2.05, 4.69) is 0 Å². The topological polar surface area (TPSA) is 60.2 Å². The molecule has 0 bridgehead atoms. The third-order valence-corrected chi connectivity index (χ3v) is 1.54. The highest BCUT2D eigenvalue weighted by Gasteiger charge is 2.03. The zero-order valence-corrected chi connectivity index (χ0v) is 6.70. The molecule has 3 nitrogen and oxygen atoms in total. The van der Waals surface area contributed by atoms with Crippen LogP contribution in [0.1, 0.15) is 17.3 Å². The SMILES string of the molecule is CC(=O)c1ccccc(N)c1=O. The van der Waals surface area contributed by atoms with E-state index in [0.29, 0.717) is 0 Å². The van der Waals surface area contributed by atoms with Gasteiger partial charge >= 0.3 is 0 Å². The normalized spacial score (nSPS) is 9.42. The van der Waals surface area contributed by atoms with Gasteiger partial charge in [0.05, 0.1) is 11.3 Å². The van der Waals surface area contributed by atoms with Crippen molar-refractivity contribution in [3.63, 3.8) is 0 Å². The molecular formula is C9H9NO2. The maximum absolute atomic E-state index is 11.3. The van der Waals surface area contributed by atoms with Crippen LogP contribution in [0.25, 0.3) is 0 Å². The van der Waals surface area contributed by atoms with Gasteiger partial charge < -0.3 is 5.73 Å². The molecule has 0 aliphatic carbocycles. The molecule has 1 aromatic carbocycles. The van der Waals surface area contributed by atoms with Crippen LogP contribution in [-0.2, 0) is 0 Å². The number of hydrogen-bond acceptors (Lipinski definition) is 3. The quantitative estimate of drug-likeness (QED) is 0.624. The molecule has 0 saturated carbocycles. The average Bonchev–Trinajstić information content (AvgIpc) is 2.15. The van der Waals surface area contributed by atoms with Crippen molar-refractivity contribution in [2.24, 2.45) is 0 Å². The van der Waals surface area contributed by atoms with Gasteiger partial charge in [-0.3, -0.25) is 9.59 Å². The average molecular weight is 163 g/mol. The van der Waals surface area contributed by atoms with E-state index >= 15 is 0 Å². The lowest BCUT2D eigenvalue weighted by Gasteiger charge is -1.87. The third kappa shape index (κ3) is 1.50. The molecule has 0 aromatic heterocycles. The highest BCUT2D eigenvalue weighted by molar-refractivity contribution is 5.94. The van der Waals surface area contributed by atoms with Crippen molar-refractivity contribution in [1.29, 1.82) is 0 Å². The number of nitrogen functional groups attached to an aromatic ring is 1. The molecule has 1 aromatic rings. The Morgan fingerprint density at radius 2 is 1.92 bits per heavy atom. The Labute approximate surface area is 69.8 Å². The molecule has 0 spiro atoms. The summed E-state index contributed by atoms with van der Waals surface area (Å²) in [5, 5.41) is 0. The van der Waals surface area contributed by atoms with E-state index in [1.165, 1.54) is 19.1 Å². The lowest BCUT2D eigenvalue weighted by Crippen LogP contribution is -2.13. The maximum Gasteiger partial charge on any atom is 0.212 e. The molecule has 2 N–H and O–H groups in total. The number of hydrogen-bond donors (Lipinski definition) is 1. The van der Waals surface area contributed by atoms with Crippen molar-refractivity contribution in [3.05, 3.63) is 40.1 Å². The third-order valence-electron chi connectivity index (χ3n) is 1.54. The highest BCUT2D eigenvalue weighted by Crippen LogP contribution is 1.96. The summed E-state index contributed by atoms with van der Waals surface area (Å²) in [6, 6.07) is 6.20. The van der Waals surface area contributed by atoms with Gasteiger partial charge in [-0.2, -0.15) is 0 Å². The highest BCUT2D eigenvalue weighted by atomic mass is 16.1. The first-order valence-corrected chi connectivity index (χ1v) is 3.52. The Morgan fingerprint density at radius 3 is 2.50 bits per heavy atom. The number of Topliss-reactive ketones (excluding diaryl/α,β-unsaturated/α-hetero) is 1. The summed E-state index contributed by atoms with van der Waals surface area (Å²) in [4.78, 5) is 22.2. The molecule has 3 heteroatoms. The van der Waals surface area contributed by atoms with E-state index in [9.17, 15) is 9.59 Å². The fourth-order valence-electron chi connectivity index (χ4n) is 0.895. The Balaban J connectivity index is 3.53. The van der Waals surface area contributed by atoms with Gasteiger partial charge in [0.15, 0.2) is 5.78 Å². The van der Waals surface area contributed by atoms with E-state index in [4.69, 9.17) is 5.73 Å². The zero-order valence-electron chi connectivity index (χ0n) is 6.70. The number of ketones is 1. The van der Waals surface area contributed by atoms with Crippen LogP contribution < -0.4 is 11.2 Å². The lowest BCUT2D eigenvalue weighted by molar-refractivity contribution is 0.101. The van der Waals surface area contributed by atoms with Crippen LogP contribution in [0.3, 0.4) is 0 Å². The fraction of sp³-hybridized carbons (Fsp3) is 0.111. The Morgan fingerprint density at radius 1 is 1.33 bits per heavy atom. The number of rotatable bonds is 1. The van der Waals surface area contributed by atoms with E-state index < -0.39 is 5.43 Å². The first-order chi connectivity index (χ1) is 5.63.